The summed E-state index contributed by atoms with van der Waals surface area (Å²) in [5, 5.41) is 15.0. The zero-order chi connectivity index (χ0) is 24.9. The molecule has 3 rings (SSSR count). The molecule has 3 N–H and O–H groups in total. The molecule has 1 heterocycles. The molecule has 0 aliphatic heterocycles. The van der Waals surface area contributed by atoms with Gasteiger partial charge in [0.2, 0.25) is 0 Å². The third kappa shape index (κ3) is 6.41. The monoisotopic (exact) mass is 461 g/mol. The molecular formula is C26H27N3O5. The van der Waals surface area contributed by atoms with Crippen LogP contribution in [0.3, 0.4) is 0 Å². The van der Waals surface area contributed by atoms with Gasteiger partial charge in [-0.2, -0.15) is 0 Å². The lowest BCUT2D eigenvalue weighted by Crippen LogP contribution is -2.34. The lowest BCUT2D eigenvalue weighted by Gasteiger charge is -2.23. The highest BCUT2D eigenvalue weighted by Gasteiger charge is 2.21. The molecule has 1 aromatic heterocycles. The molecule has 0 radical (unpaired) electrons. The number of rotatable bonds is 6. The number of pyridine rings is 1. The molecule has 1 atom stereocenters. The Morgan fingerprint density at radius 3 is 2.32 bits per heavy atom. The summed E-state index contributed by atoms with van der Waals surface area (Å²) < 4.78 is 5.36. The van der Waals surface area contributed by atoms with E-state index < -0.39 is 23.7 Å². The number of ether oxygens (including phenoxy) is 1. The number of aromatic carboxylic acids is 1. The van der Waals surface area contributed by atoms with Crippen LogP contribution in [0.15, 0.2) is 67.0 Å². The number of aromatic nitrogens is 1. The first-order chi connectivity index (χ1) is 16.0. The summed E-state index contributed by atoms with van der Waals surface area (Å²) in [6, 6.07) is 14.4. The molecule has 0 spiro atoms. The number of anilines is 1. The zero-order valence-corrected chi connectivity index (χ0v) is 19.5. The van der Waals surface area contributed by atoms with E-state index in [1.165, 1.54) is 12.1 Å². The van der Waals surface area contributed by atoms with E-state index in [9.17, 15) is 19.5 Å². The van der Waals surface area contributed by atoms with Crippen molar-refractivity contribution in [3.05, 3.63) is 83.7 Å². The van der Waals surface area contributed by atoms with Crippen LogP contribution >= 0.6 is 0 Å². The van der Waals surface area contributed by atoms with Crippen molar-refractivity contribution in [2.75, 3.05) is 5.32 Å². The molecule has 0 aliphatic carbocycles. The number of hydrogen-bond donors (Lipinski definition) is 3. The Morgan fingerprint density at radius 2 is 1.68 bits per heavy atom. The van der Waals surface area contributed by atoms with Crippen LogP contribution in [0.4, 0.5) is 10.5 Å². The molecule has 3 aromatic rings. The van der Waals surface area contributed by atoms with Crippen LogP contribution in [0.5, 0.6) is 0 Å². The average molecular weight is 462 g/mol. The molecule has 0 saturated carbocycles. The van der Waals surface area contributed by atoms with E-state index in [-0.39, 0.29) is 11.5 Å². The van der Waals surface area contributed by atoms with Gasteiger partial charge in [-0.1, -0.05) is 18.2 Å². The summed E-state index contributed by atoms with van der Waals surface area (Å²) in [5.74, 6) is -1.39. The molecular weight excluding hydrogens is 434 g/mol. The second-order valence-electron chi connectivity index (χ2n) is 8.75. The van der Waals surface area contributed by atoms with Crippen LogP contribution in [0, 0.1) is 0 Å². The van der Waals surface area contributed by atoms with E-state index in [0.29, 0.717) is 27.9 Å². The minimum absolute atomic E-state index is 0.114. The predicted molar refractivity (Wildman–Crippen MR) is 129 cm³/mol. The molecule has 2 aromatic carbocycles. The third-order valence-electron chi connectivity index (χ3n) is 4.87. The molecule has 0 fully saturated rings. The van der Waals surface area contributed by atoms with Crippen molar-refractivity contribution in [2.24, 2.45) is 0 Å². The van der Waals surface area contributed by atoms with E-state index in [0.717, 1.165) is 0 Å². The summed E-state index contributed by atoms with van der Waals surface area (Å²) in [6.45, 7) is 7.11. The third-order valence-corrected chi connectivity index (χ3v) is 4.87. The minimum atomic E-state index is -1.06. The summed E-state index contributed by atoms with van der Waals surface area (Å²) in [6.07, 6.45) is 2.57. The Labute approximate surface area is 198 Å². The second-order valence-corrected chi connectivity index (χ2v) is 8.75. The van der Waals surface area contributed by atoms with Crippen molar-refractivity contribution in [3.63, 3.8) is 0 Å². The molecule has 2 amide bonds. The molecule has 8 heteroatoms. The first kappa shape index (κ1) is 24.4. The van der Waals surface area contributed by atoms with Gasteiger partial charge in [-0.3, -0.25) is 9.78 Å². The molecule has 0 aliphatic rings. The first-order valence-corrected chi connectivity index (χ1v) is 10.7. The van der Waals surface area contributed by atoms with Crippen molar-refractivity contribution >= 4 is 23.7 Å². The number of benzene rings is 2. The molecule has 8 nitrogen and oxygen atoms in total. The van der Waals surface area contributed by atoms with Crippen LogP contribution in [-0.4, -0.2) is 33.7 Å². The topological polar surface area (TPSA) is 118 Å². The summed E-state index contributed by atoms with van der Waals surface area (Å²) in [7, 11) is 0. The number of amides is 2. The smallest absolute Gasteiger partial charge is 0.408 e. The van der Waals surface area contributed by atoms with E-state index >= 15 is 0 Å². The normalized spacial score (nSPS) is 11.9. The van der Waals surface area contributed by atoms with Crippen molar-refractivity contribution in [3.8, 4) is 11.1 Å². The molecule has 0 saturated heterocycles. The van der Waals surface area contributed by atoms with Crippen molar-refractivity contribution in [2.45, 2.75) is 39.3 Å². The van der Waals surface area contributed by atoms with Gasteiger partial charge in [0.1, 0.15) is 5.60 Å². The van der Waals surface area contributed by atoms with Crippen molar-refractivity contribution < 1.29 is 24.2 Å². The summed E-state index contributed by atoms with van der Waals surface area (Å²) in [5.41, 5.74) is 2.36. The van der Waals surface area contributed by atoms with Gasteiger partial charge in [0.15, 0.2) is 0 Å². The number of carboxylic acid groups (broad SMARTS) is 1. The highest BCUT2D eigenvalue weighted by Crippen LogP contribution is 2.31. The van der Waals surface area contributed by atoms with Gasteiger partial charge in [-0.15, -0.1) is 0 Å². The number of nitrogens with one attached hydrogen (secondary N) is 2. The van der Waals surface area contributed by atoms with Gasteiger partial charge in [-0.25, -0.2) is 9.59 Å². The fraction of sp³-hybridized carbons (Fsp3) is 0.231. The Bertz CT molecular complexity index is 1200. The second kappa shape index (κ2) is 10.2. The highest BCUT2D eigenvalue weighted by atomic mass is 16.6. The van der Waals surface area contributed by atoms with Gasteiger partial charge in [0, 0.05) is 23.6 Å². The number of nitrogens with zero attached hydrogens (tertiary/aromatic N) is 1. The summed E-state index contributed by atoms with van der Waals surface area (Å²) >= 11 is 0. The number of carboxylic acids is 1. The lowest BCUT2D eigenvalue weighted by molar-refractivity contribution is 0.0507. The minimum Gasteiger partial charge on any atom is -0.478 e. The average Bonchev–Trinajstić information content (AvgIpc) is 2.78. The number of hydrogen-bond acceptors (Lipinski definition) is 5. The van der Waals surface area contributed by atoms with Crippen LogP contribution in [0.25, 0.3) is 11.1 Å². The van der Waals surface area contributed by atoms with Gasteiger partial charge >= 0.3 is 12.1 Å². The Hall–Kier alpha value is -4.20. The largest absolute Gasteiger partial charge is 0.478 e. The van der Waals surface area contributed by atoms with E-state index in [4.69, 9.17) is 4.74 Å². The maximum Gasteiger partial charge on any atom is 0.408 e. The molecule has 34 heavy (non-hydrogen) atoms. The van der Waals surface area contributed by atoms with Gasteiger partial charge < -0.3 is 20.5 Å². The maximum absolute atomic E-state index is 12.9. The van der Waals surface area contributed by atoms with E-state index in [1.54, 1.807) is 82.6 Å². The zero-order valence-electron chi connectivity index (χ0n) is 19.5. The Kier molecular flexibility index (Phi) is 7.31. The maximum atomic E-state index is 12.9. The SMILES string of the molecule is CC(NC(=O)OC(C)(C)C)c1ccc(C(=O)Nc2ccncc2)cc1-c1cccc(C(=O)O)c1. The fourth-order valence-corrected chi connectivity index (χ4v) is 3.35. The molecule has 0 bridgehead atoms. The molecule has 176 valence electrons. The van der Waals surface area contributed by atoms with Crippen LogP contribution < -0.4 is 10.6 Å². The van der Waals surface area contributed by atoms with Gasteiger partial charge in [0.05, 0.1) is 11.6 Å². The van der Waals surface area contributed by atoms with Crippen LogP contribution in [-0.2, 0) is 4.74 Å². The van der Waals surface area contributed by atoms with Crippen molar-refractivity contribution in [1.82, 2.24) is 10.3 Å². The number of carbonyl (C=O) groups excluding carboxylic acids is 2. The van der Waals surface area contributed by atoms with Gasteiger partial charge in [-0.05, 0) is 80.8 Å². The quantitative estimate of drug-likeness (QED) is 0.459. The molecule has 1 unspecified atom stereocenters. The summed E-state index contributed by atoms with van der Waals surface area (Å²) in [4.78, 5) is 40.7. The standard InChI is InChI=1S/C26H27N3O5/c1-16(28-25(33)34-26(2,3)4)21-9-8-18(23(30)29-20-10-12-27-13-11-20)15-22(21)17-6-5-7-19(14-17)24(31)32/h5-16H,1-4H3,(H,28,33)(H,31,32)(H,27,29,30). The fourth-order valence-electron chi connectivity index (χ4n) is 3.35. The van der Waals surface area contributed by atoms with Crippen molar-refractivity contribution in [1.29, 1.82) is 0 Å². The number of carbonyl (C=O) groups is 3. The predicted octanol–water partition coefficient (Wildman–Crippen LogP) is 5.28. The van der Waals surface area contributed by atoms with E-state index in [1.807, 2.05) is 0 Å². The number of alkyl carbamates (subject to hydrolysis) is 1. The lowest BCUT2D eigenvalue weighted by atomic mass is 9.92. The Balaban J connectivity index is 1.99. The van der Waals surface area contributed by atoms with Crippen LogP contribution in [0.1, 0.15) is 60.0 Å². The first-order valence-electron chi connectivity index (χ1n) is 10.7. The van der Waals surface area contributed by atoms with E-state index in [2.05, 4.69) is 15.6 Å². The van der Waals surface area contributed by atoms with Crippen LogP contribution in [0.2, 0.25) is 0 Å². The highest BCUT2D eigenvalue weighted by molar-refractivity contribution is 6.05. The van der Waals surface area contributed by atoms with Gasteiger partial charge in [0.25, 0.3) is 5.91 Å². The Morgan fingerprint density at radius 1 is 0.971 bits per heavy atom.